The first-order valence-electron chi connectivity index (χ1n) is 8.91. The third kappa shape index (κ3) is 3.67. The number of amides is 5. The fourth-order valence-corrected chi connectivity index (χ4v) is 3.61. The number of nitrogens with one attached hydrogen (secondary N) is 1. The summed E-state index contributed by atoms with van der Waals surface area (Å²) in [6.45, 7) is 1.44. The molecule has 0 radical (unpaired) electrons. The van der Waals surface area contributed by atoms with E-state index in [0.717, 1.165) is 24.2 Å². The maximum atomic E-state index is 12.6. The van der Waals surface area contributed by atoms with Crippen LogP contribution in [-0.2, 0) is 14.4 Å². The number of nitrogens with zero attached hydrogens (tertiary/aromatic N) is 3. The highest BCUT2D eigenvalue weighted by Gasteiger charge is 2.49. The number of urea groups is 1. The maximum Gasteiger partial charge on any atom is 0.334 e. The largest absolute Gasteiger partial charge is 0.334 e. The highest BCUT2D eigenvalue weighted by atomic mass is 16.2. The molecule has 1 heterocycles. The van der Waals surface area contributed by atoms with Gasteiger partial charge < -0.3 is 5.32 Å². The third-order valence-electron chi connectivity index (χ3n) is 5.08. The predicted octanol–water partition coefficient (Wildman–Crippen LogP) is 1.87. The number of hydrogen-bond acceptors (Lipinski definition) is 5. The summed E-state index contributed by atoms with van der Waals surface area (Å²) in [5.41, 5.74) is 0.878. The number of nitriles is 1. The lowest BCUT2D eigenvalue weighted by Crippen LogP contribution is -2.46. The molecule has 1 aliphatic carbocycles. The Balaban J connectivity index is 1.68. The van der Waals surface area contributed by atoms with Crippen LogP contribution in [0, 0.1) is 17.2 Å². The highest BCUT2D eigenvalue weighted by Crippen LogP contribution is 2.31. The molecule has 2 atom stereocenters. The van der Waals surface area contributed by atoms with Gasteiger partial charge in [-0.25, -0.2) is 9.69 Å². The molecule has 1 aromatic carbocycles. The summed E-state index contributed by atoms with van der Waals surface area (Å²) in [5, 5.41) is 11.3. The number of imide groups is 2. The molecule has 0 spiro atoms. The summed E-state index contributed by atoms with van der Waals surface area (Å²) in [6, 6.07) is 7.12. The van der Waals surface area contributed by atoms with Crippen molar-refractivity contribution >= 4 is 29.4 Å². The van der Waals surface area contributed by atoms with Crippen LogP contribution in [0.5, 0.6) is 0 Å². The van der Waals surface area contributed by atoms with E-state index in [9.17, 15) is 19.2 Å². The lowest BCUT2D eigenvalue weighted by atomic mass is 9.85. The molecule has 2 fully saturated rings. The van der Waals surface area contributed by atoms with Crippen LogP contribution >= 0.6 is 0 Å². The van der Waals surface area contributed by atoms with Gasteiger partial charge in [0.1, 0.15) is 6.54 Å². The second-order valence-corrected chi connectivity index (χ2v) is 6.92. The first kappa shape index (κ1) is 18.6. The molecule has 140 valence electrons. The molecule has 5 amide bonds. The van der Waals surface area contributed by atoms with Crippen molar-refractivity contribution in [2.75, 3.05) is 11.9 Å². The smallest absolute Gasteiger partial charge is 0.325 e. The Morgan fingerprint density at radius 1 is 1.15 bits per heavy atom. The van der Waals surface area contributed by atoms with E-state index in [0.29, 0.717) is 22.6 Å². The molecule has 3 rings (SSSR count). The zero-order chi connectivity index (χ0) is 19.6. The summed E-state index contributed by atoms with van der Waals surface area (Å²) in [6.07, 6.45) is 3.52. The molecular weight excluding hydrogens is 348 g/mol. The van der Waals surface area contributed by atoms with E-state index in [1.54, 1.807) is 12.1 Å². The molecule has 0 bridgehead atoms. The summed E-state index contributed by atoms with van der Waals surface area (Å²) in [4.78, 5) is 51.2. The second-order valence-electron chi connectivity index (χ2n) is 6.92. The topological polar surface area (TPSA) is 111 Å². The minimum absolute atomic E-state index is 0.131. The first-order chi connectivity index (χ1) is 12.9. The number of hydrogen-bond donors (Lipinski definition) is 1. The normalized spacial score (nSPS) is 22.7. The van der Waals surface area contributed by atoms with Crippen LogP contribution < -0.4 is 5.32 Å². The van der Waals surface area contributed by atoms with Crippen LogP contribution in [0.3, 0.4) is 0 Å². The Labute approximate surface area is 156 Å². The molecule has 1 aromatic rings. The standard InChI is InChI=1S/C19H20N4O4/c1-12-4-2-3-5-15(12)23-18(26)17(25)22(19(23)27)11-16(24)21-14-8-6-13(10-20)7-9-14/h6-9,12,15H,2-5,11H2,1H3,(H,21,24)/t12-,15-/m1/s1. The Hall–Kier alpha value is -3.21. The lowest BCUT2D eigenvalue weighted by molar-refractivity contribution is -0.145. The van der Waals surface area contributed by atoms with Crippen LogP contribution in [0.1, 0.15) is 38.2 Å². The molecule has 0 unspecified atom stereocenters. The minimum Gasteiger partial charge on any atom is -0.325 e. The fourth-order valence-electron chi connectivity index (χ4n) is 3.61. The first-order valence-corrected chi connectivity index (χ1v) is 8.91. The van der Waals surface area contributed by atoms with E-state index < -0.39 is 30.3 Å². The number of carbonyl (C=O) groups excluding carboxylic acids is 4. The van der Waals surface area contributed by atoms with Gasteiger partial charge in [-0.1, -0.05) is 19.8 Å². The fraction of sp³-hybridized carbons (Fsp3) is 0.421. The van der Waals surface area contributed by atoms with Crippen molar-refractivity contribution < 1.29 is 19.2 Å². The predicted molar refractivity (Wildman–Crippen MR) is 95.2 cm³/mol. The van der Waals surface area contributed by atoms with Crippen LogP contribution in [0.15, 0.2) is 24.3 Å². The molecule has 8 nitrogen and oxygen atoms in total. The molecule has 8 heteroatoms. The molecule has 2 aliphatic rings. The number of carbonyl (C=O) groups is 4. The molecular formula is C19H20N4O4. The van der Waals surface area contributed by atoms with Crippen molar-refractivity contribution in [3.05, 3.63) is 29.8 Å². The van der Waals surface area contributed by atoms with E-state index >= 15 is 0 Å². The molecule has 1 aliphatic heterocycles. The summed E-state index contributed by atoms with van der Waals surface area (Å²) >= 11 is 0. The van der Waals surface area contributed by atoms with E-state index in [2.05, 4.69) is 5.32 Å². The molecule has 1 N–H and O–H groups in total. The van der Waals surface area contributed by atoms with Gasteiger partial charge in [0.05, 0.1) is 11.6 Å². The summed E-state index contributed by atoms with van der Waals surface area (Å²) < 4.78 is 0. The second kappa shape index (κ2) is 7.58. The van der Waals surface area contributed by atoms with Gasteiger partial charge in [-0.15, -0.1) is 0 Å². The van der Waals surface area contributed by atoms with Crippen LogP contribution in [0.2, 0.25) is 0 Å². The van der Waals surface area contributed by atoms with E-state index in [1.807, 2.05) is 13.0 Å². The van der Waals surface area contributed by atoms with Gasteiger partial charge in [0, 0.05) is 11.7 Å². The average Bonchev–Trinajstić information content (AvgIpc) is 2.86. The maximum absolute atomic E-state index is 12.6. The van der Waals surface area contributed by atoms with E-state index in [1.165, 1.54) is 12.1 Å². The summed E-state index contributed by atoms with van der Waals surface area (Å²) in [5.74, 6) is -2.28. The third-order valence-corrected chi connectivity index (χ3v) is 5.08. The number of benzene rings is 1. The van der Waals surface area contributed by atoms with Gasteiger partial charge in [-0.05, 0) is 43.0 Å². The minimum atomic E-state index is -0.965. The Kier molecular flexibility index (Phi) is 5.21. The van der Waals surface area contributed by atoms with Crippen LogP contribution in [-0.4, -0.2) is 46.1 Å². The highest BCUT2D eigenvalue weighted by molar-refractivity contribution is 6.45. The van der Waals surface area contributed by atoms with Crippen molar-refractivity contribution in [3.63, 3.8) is 0 Å². The SMILES string of the molecule is C[C@@H]1CCCC[C@H]1N1C(=O)C(=O)N(CC(=O)Nc2ccc(C#N)cc2)C1=O. The lowest BCUT2D eigenvalue weighted by Gasteiger charge is -2.34. The average molecular weight is 368 g/mol. The Morgan fingerprint density at radius 2 is 1.81 bits per heavy atom. The zero-order valence-electron chi connectivity index (χ0n) is 15.0. The quantitative estimate of drug-likeness (QED) is 0.644. The summed E-state index contributed by atoms with van der Waals surface area (Å²) in [7, 11) is 0. The van der Waals surface area contributed by atoms with Gasteiger partial charge >= 0.3 is 17.8 Å². The molecule has 0 aromatic heterocycles. The number of rotatable bonds is 4. The van der Waals surface area contributed by atoms with Crippen molar-refractivity contribution in [2.24, 2.45) is 5.92 Å². The molecule has 1 saturated heterocycles. The van der Waals surface area contributed by atoms with E-state index in [-0.39, 0.29) is 12.0 Å². The van der Waals surface area contributed by atoms with Crippen molar-refractivity contribution in [1.82, 2.24) is 9.80 Å². The zero-order valence-corrected chi connectivity index (χ0v) is 15.0. The molecule has 1 saturated carbocycles. The van der Waals surface area contributed by atoms with Gasteiger partial charge in [-0.2, -0.15) is 5.26 Å². The van der Waals surface area contributed by atoms with Gasteiger partial charge in [0.25, 0.3) is 0 Å². The van der Waals surface area contributed by atoms with Crippen molar-refractivity contribution in [3.8, 4) is 6.07 Å². The molecule has 27 heavy (non-hydrogen) atoms. The van der Waals surface area contributed by atoms with Gasteiger partial charge in [0.2, 0.25) is 5.91 Å². The van der Waals surface area contributed by atoms with Gasteiger partial charge in [0.15, 0.2) is 0 Å². The van der Waals surface area contributed by atoms with Crippen LogP contribution in [0.4, 0.5) is 10.5 Å². The van der Waals surface area contributed by atoms with Crippen molar-refractivity contribution in [1.29, 1.82) is 5.26 Å². The van der Waals surface area contributed by atoms with Crippen molar-refractivity contribution in [2.45, 2.75) is 38.6 Å². The van der Waals surface area contributed by atoms with Gasteiger partial charge in [-0.3, -0.25) is 19.3 Å². The van der Waals surface area contributed by atoms with E-state index in [4.69, 9.17) is 5.26 Å². The Bertz CT molecular complexity index is 827. The van der Waals surface area contributed by atoms with Crippen LogP contribution in [0.25, 0.3) is 0 Å². The number of anilines is 1. The monoisotopic (exact) mass is 368 g/mol. The Morgan fingerprint density at radius 3 is 2.44 bits per heavy atom.